The van der Waals surface area contributed by atoms with Crippen LogP contribution in [0.1, 0.15) is 74.9 Å². The summed E-state index contributed by atoms with van der Waals surface area (Å²) in [4.78, 5) is 42.8. The van der Waals surface area contributed by atoms with Gasteiger partial charge in [-0.25, -0.2) is 0 Å². The predicted octanol–water partition coefficient (Wildman–Crippen LogP) is 4.06. The van der Waals surface area contributed by atoms with E-state index in [-0.39, 0.29) is 36.9 Å². The summed E-state index contributed by atoms with van der Waals surface area (Å²) in [5, 5.41) is 47.4. The van der Waals surface area contributed by atoms with Crippen LogP contribution >= 0.6 is 0 Å². The van der Waals surface area contributed by atoms with E-state index < -0.39 is 0 Å². The number of hydrogen-bond acceptors (Lipinski definition) is 14. The van der Waals surface area contributed by atoms with Gasteiger partial charge in [-0.05, 0) is 74.0 Å². The standard InChI is InChI=1S/C41H40N18O2/c1-2-59-56-32(20-46-40(60)27-5-3-7-29(17-27)44-21-34-49-38(54-51-34)25-9-13-42-14-10-25)37(57-59)31-19-33(31)58-24-48-53-36(58)23-47-41(61)28-6-4-8-30(18-28)45-22-35-50-39(55-52-35)26-11-15-43-16-12-26/h3-18,24,31,33,44-45H,2,19-23H2,1H3,(H,46,60)(H,47,61)(H,49,51,54)(H,50,52,55). The van der Waals surface area contributed by atoms with Gasteiger partial charge in [-0.2, -0.15) is 15.0 Å². The summed E-state index contributed by atoms with van der Waals surface area (Å²) in [5.41, 5.74) is 5.79. The first-order chi connectivity index (χ1) is 30.0. The second-order valence-electron chi connectivity index (χ2n) is 14.2. The van der Waals surface area contributed by atoms with Gasteiger partial charge in [0.2, 0.25) is 0 Å². The average molecular weight is 817 g/mol. The van der Waals surface area contributed by atoms with E-state index in [9.17, 15) is 9.59 Å². The Morgan fingerprint density at radius 1 is 0.689 bits per heavy atom. The molecule has 2 aromatic carbocycles. The molecule has 20 heteroatoms. The normalized spacial score (nSPS) is 14.4. The van der Waals surface area contributed by atoms with E-state index in [1.54, 1.807) is 60.2 Å². The predicted molar refractivity (Wildman–Crippen MR) is 221 cm³/mol. The highest BCUT2D eigenvalue weighted by Gasteiger charge is 2.44. The number of nitrogens with one attached hydrogen (secondary N) is 6. The SMILES string of the molecule is CCn1nc(CNC(=O)c2cccc(NCc3nnc(-c4ccncc4)[nH]3)c2)c(C2CC2n2cnnc2CNC(=O)c2cccc(NCc3nnc(-c4ccncc4)[nH]3)c2)n1. The van der Waals surface area contributed by atoms with Gasteiger partial charge in [-0.1, -0.05) is 12.1 Å². The number of hydrogen-bond donors (Lipinski definition) is 6. The molecule has 2 unspecified atom stereocenters. The number of aromatic amines is 2. The molecule has 61 heavy (non-hydrogen) atoms. The number of benzene rings is 2. The number of carbonyl (C=O) groups excluding carboxylic acids is 2. The van der Waals surface area contributed by atoms with Gasteiger partial charge in [0, 0.05) is 70.4 Å². The average Bonchev–Trinajstić information content (AvgIpc) is 3.82. The summed E-state index contributed by atoms with van der Waals surface area (Å²) in [6.07, 6.45) is 9.26. The molecule has 306 valence electrons. The van der Waals surface area contributed by atoms with Gasteiger partial charge in [0.25, 0.3) is 11.8 Å². The van der Waals surface area contributed by atoms with Crippen molar-refractivity contribution < 1.29 is 9.59 Å². The van der Waals surface area contributed by atoms with Crippen LogP contribution in [0.25, 0.3) is 22.8 Å². The molecule has 0 saturated heterocycles. The lowest BCUT2D eigenvalue weighted by molar-refractivity contribution is 0.0941. The van der Waals surface area contributed by atoms with Crippen molar-refractivity contribution in [2.24, 2.45) is 0 Å². The van der Waals surface area contributed by atoms with Crippen LogP contribution in [0.2, 0.25) is 0 Å². The number of carbonyl (C=O) groups is 2. The maximum Gasteiger partial charge on any atom is 0.251 e. The summed E-state index contributed by atoms with van der Waals surface area (Å²) in [6, 6.07) is 21.9. The second-order valence-corrected chi connectivity index (χ2v) is 14.2. The number of anilines is 2. The molecule has 0 spiro atoms. The first-order valence-electron chi connectivity index (χ1n) is 19.7. The Hall–Kier alpha value is -8.16. The highest BCUT2D eigenvalue weighted by Crippen LogP contribution is 2.51. The molecular weight excluding hydrogens is 777 g/mol. The first kappa shape index (κ1) is 38.4. The molecule has 20 nitrogen and oxygen atoms in total. The third-order valence-corrected chi connectivity index (χ3v) is 10.1. The number of pyridine rings is 2. The van der Waals surface area contributed by atoms with E-state index in [1.807, 2.05) is 60.0 Å². The second kappa shape index (κ2) is 17.4. The lowest BCUT2D eigenvalue weighted by Gasteiger charge is -2.10. The van der Waals surface area contributed by atoms with Crippen LogP contribution < -0.4 is 21.3 Å². The minimum atomic E-state index is -0.249. The summed E-state index contributed by atoms with van der Waals surface area (Å²) >= 11 is 0. The van der Waals surface area contributed by atoms with Crippen molar-refractivity contribution in [3.05, 3.63) is 144 Å². The Balaban J connectivity index is 0.777. The van der Waals surface area contributed by atoms with Crippen molar-refractivity contribution in [3.63, 3.8) is 0 Å². The van der Waals surface area contributed by atoms with Gasteiger partial charge in [0.1, 0.15) is 23.7 Å². The monoisotopic (exact) mass is 816 g/mol. The third kappa shape index (κ3) is 8.97. The minimum Gasteiger partial charge on any atom is -0.378 e. The molecule has 1 saturated carbocycles. The molecule has 1 aliphatic rings. The van der Waals surface area contributed by atoms with Crippen LogP contribution in [0.3, 0.4) is 0 Å². The van der Waals surface area contributed by atoms with E-state index in [2.05, 4.69) is 76.9 Å². The number of aromatic nitrogens is 14. The number of H-pyrrole nitrogens is 2. The molecular formula is C41H40N18O2. The minimum absolute atomic E-state index is 0.0222. The van der Waals surface area contributed by atoms with Gasteiger partial charge in [-0.15, -0.1) is 30.6 Å². The fourth-order valence-corrected chi connectivity index (χ4v) is 6.88. The maximum atomic E-state index is 13.4. The van der Waals surface area contributed by atoms with E-state index >= 15 is 0 Å². The Labute approximate surface area is 348 Å². The highest BCUT2D eigenvalue weighted by atomic mass is 16.2. The zero-order valence-corrected chi connectivity index (χ0v) is 32.9. The van der Waals surface area contributed by atoms with Crippen LogP contribution in [0, 0.1) is 0 Å². The highest BCUT2D eigenvalue weighted by molar-refractivity contribution is 5.95. The smallest absolute Gasteiger partial charge is 0.251 e. The lowest BCUT2D eigenvalue weighted by atomic mass is 10.1. The van der Waals surface area contributed by atoms with E-state index in [4.69, 9.17) is 5.10 Å². The Bertz CT molecular complexity index is 2760. The van der Waals surface area contributed by atoms with Gasteiger partial charge < -0.3 is 35.8 Å². The van der Waals surface area contributed by atoms with Crippen molar-refractivity contribution in [1.82, 2.24) is 80.7 Å². The Morgan fingerprint density at radius 2 is 1.26 bits per heavy atom. The van der Waals surface area contributed by atoms with E-state index in [1.165, 1.54) is 0 Å². The van der Waals surface area contributed by atoms with Crippen LogP contribution in [0.15, 0.2) is 104 Å². The lowest BCUT2D eigenvalue weighted by Crippen LogP contribution is -2.25. The fraction of sp³-hybridized carbons (Fsp3) is 0.220. The molecule has 6 N–H and O–H groups in total. The van der Waals surface area contributed by atoms with Gasteiger partial charge >= 0.3 is 0 Å². The summed E-state index contributed by atoms with van der Waals surface area (Å²) < 4.78 is 1.98. The van der Waals surface area contributed by atoms with Crippen molar-refractivity contribution in [2.45, 2.75) is 58.0 Å². The molecule has 2 atom stereocenters. The molecule has 8 aromatic rings. The van der Waals surface area contributed by atoms with Crippen molar-refractivity contribution >= 4 is 23.2 Å². The molecule has 1 fully saturated rings. The Morgan fingerprint density at radius 3 is 1.84 bits per heavy atom. The molecule has 0 radical (unpaired) electrons. The van der Waals surface area contributed by atoms with Crippen molar-refractivity contribution in [3.8, 4) is 22.8 Å². The van der Waals surface area contributed by atoms with Gasteiger partial charge in [0.05, 0.1) is 38.4 Å². The van der Waals surface area contributed by atoms with Crippen LogP contribution in [0.5, 0.6) is 0 Å². The summed E-state index contributed by atoms with van der Waals surface area (Å²) in [5.74, 6) is 2.78. The van der Waals surface area contributed by atoms with Crippen LogP contribution in [-0.2, 0) is 32.7 Å². The zero-order valence-electron chi connectivity index (χ0n) is 32.9. The quantitative estimate of drug-likeness (QED) is 0.0758. The first-order valence-corrected chi connectivity index (χ1v) is 19.7. The fourth-order valence-electron chi connectivity index (χ4n) is 6.88. The van der Waals surface area contributed by atoms with Crippen LogP contribution in [-0.4, -0.2) is 81.9 Å². The number of amides is 2. The Kier molecular flexibility index (Phi) is 10.9. The molecule has 6 heterocycles. The number of nitrogens with zero attached hydrogens (tertiary/aromatic N) is 12. The van der Waals surface area contributed by atoms with E-state index in [0.717, 1.165) is 34.6 Å². The molecule has 0 bridgehead atoms. The molecule has 1 aliphatic carbocycles. The largest absolute Gasteiger partial charge is 0.378 e. The topological polar surface area (TPSA) is 253 Å². The molecule has 0 aliphatic heterocycles. The number of aryl methyl sites for hydroxylation is 1. The molecule has 6 aromatic heterocycles. The van der Waals surface area contributed by atoms with Crippen molar-refractivity contribution in [2.75, 3.05) is 10.6 Å². The zero-order chi connectivity index (χ0) is 41.5. The maximum absolute atomic E-state index is 13.4. The van der Waals surface area contributed by atoms with Gasteiger partial charge in [0.15, 0.2) is 17.5 Å². The third-order valence-electron chi connectivity index (χ3n) is 10.1. The summed E-state index contributed by atoms with van der Waals surface area (Å²) in [7, 11) is 0. The van der Waals surface area contributed by atoms with E-state index in [0.29, 0.717) is 65.6 Å². The molecule has 2 amide bonds. The van der Waals surface area contributed by atoms with Gasteiger partial charge in [-0.3, -0.25) is 19.6 Å². The van der Waals surface area contributed by atoms with Crippen molar-refractivity contribution in [1.29, 1.82) is 0 Å². The van der Waals surface area contributed by atoms with Crippen LogP contribution in [0.4, 0.5) is 11.4 Å². The molecule has 9 rings (SSSR count). The summed E-state index contributed by atoms with van der Waals surface area (Å²) in [6.45, 7) is 3.71. The number of rotatable bonds is 17.